The Kier molecular flexibility index (Phi) is 8.84. The second kappa shape index (κ2) is 11.9. The highest BCUT2D eigenvalue weighted by Crippen LogP contribution is 2.32. The van der Waals surface area contributed by atoms with Crippen LogP contribution in [0.2, 0.25) is 0 Å². The van der Waals surface area contributed by atoms with Crippen molar-refractivity contribution in [2.24, 2.45) is 0 Å². The van der Waals surface area contributed by atoms with Gasteiger partial charge in [-0.15, -0.1) is 0 Å². The van der Waals surface area contributed by atoms with E-state index in [1.54, 1.807) is 49.4 Å². The molecule has 1 saturated heterocycles. The molecule has 4 rings (SSSR count). The molecule has 10 nitrogen and oxygen atoms in total. The number of rotatable bonds is 10. The van der Waals surface area contributed by atoms with Crippen LogP contribution in [0.3, 0.4) is 0 Å². The molecule has 0 aliphatic carbocycles. The standard InChI is InChI=1S/C27H28O10S2/c1-18-9-13-21(14-10-18)38(29,30)34-17-23-24(37-39(31,32)22-15-11-19(2)12-16-22)25(27(33-3)35-23)36-26(28)20-7-5-4-6-8-20/h4-16,23-25,27H,17H2,1-3H3. The van der Waals surface area contributed by atoms with Crippen molar-refractivity contribution >= 4 is 26.2 Å². The fourth-order valence-electron chi connectivity index (χ4n) is 3.86. The molecule has 208 valence electrons. The van der Waals surface area contributed by atoms with E-state index in [1.807, 2.05) is 6.92 Å². The van der Waals surface area contributed by atoms with Crippen molar-refractivity contribution in [3.05, 3.63) is 95.6 Å². The predicted molar refractivity (Wildman–Crippen MR) is 139 cm³/mol. The van der Waals surface area contributed by atoms with Crippen LogP contribution < -0.4 is 0 Å². The van der Waals surface area contributed by atoms with E-state index in [1.165, 1.54) is 43.5 Å². The summed E-state index contributed by atoms with van der Waals surface area (Å²) in [6.45, 7) is 2.97. The molecule has 1 aliphatic rings. The lowest BCUT2D eigenvalue weighted by molar-refractivity contribution is -0.153. The molecule has 0 bridgehead atoms. The first-order valence-corrected chi connectivity index (χ1v) is 14.7. The minimum Gasteiger partial charge on any atom is -0.450 e. The number of benzene rings is 3. The summed E-state index contributed by atoms with van der Waals surface area (Å²) in [5.74, 6) is -0.776. The number of carbonyl (C=O) groups is 1. The normalized spacial score (nSPS) is 21.5. The predicted octanol–water partition coefficient (Wildman–Crippen LogP) is 3.38. The van der Waals surface area contributed by atoms with Gasteiger partial charge in [0.15, 0.2) is 12.4 Å². The summed E-state index contributed by atoms with van der Waals surface area (Å²) in [6.07, 6.45) is -5.45. The van der Waals surface area contributed by atoms with E-state index in [2.05, 4.69) is 0 Å². The van der Waals surface area contributed by atoms with Gasteiger partial charge in [-0.25, -0.2) is 4.79 Å². The van der Waals surface area contributed by atoms with E-state index in [-0.39, 0.29) is 15.4 Å². The van der Waals surface area contributed by atoms with Crippen molar-refractivity contribution in [1.29, 1.82) is 0 Å². The number of methoxy groups -OCH3 is 1. The monoisotopic (exact) mass is 576 g/mol. The number of carbonyl (C=O) groups excluding carboxylic acids is 1. The van der Waals surface area contributed by atoms with Crippen LogP contribution in [0.1, 0.15) is 21.5 Å². The molecule has 3 aromatic rings. The molecule has 4 unspecified atom stereocenters. The van der Waals surface area contributed by atoms with Gasteiger partial charge in [-0.05, 0) is 50.2 Å². The Balaban J connectivity index is 1.62. The second-order valence-corrected chi connectivity index (χ2v) is 12.1. The van der Waals surface area contributed by atoms with Crippen LogP contribution >= 0.6 is 0 Å². The number of esters is 1. The van der Waals surface area contributed by atoms with Crippen molar-refractivity contribution in [2.45, 2.75) is 48.2 Å². The summed E-state index contributed by atoms with van der Waals surface area (Å²) in [5, 5.41) is 0. The van der Waals surface area contributed by atoms with Gasteiger partial charge < -0.3 is 14.2 Å². The molecule has 3 aromatic carbocycles. The van der Waals surface area contributed by atoms with Crippen LogP contribution in [0.5, 0.6) is 0 Å². The fraction of sp³-hybridized carbons (Fsp3) is 0.296. The van der Waals surface area contributed by atoms with Crippen LogP contribution in [-0.2, 0) is 42.8 Å². The van der Waals surface area contributed by atoms with E-state index < -0.39 is 57.4 Å². The van der Waals surface area contributed by atoms with Gasteiger partial charge in [-0.3, -0.25) is 8.37 Å². The number of hydrogen-bond acceptors (Lipinski definition) is 10. The maximum absolute atomic E-state index is 13.2. The second-order valence-electron chi connectivity index (χ2n) is 8.89. The van der Waals surface area contributed by atoms with Gasteiger partial charge in [0.1, 0.15) is 12.2 Å². The molecule has 1 aliphatic heterocycles. The molecule has 12 heteroatoms. The molecule has 1 heterocycles. The van der Waals surface area contributed by atoms with Crippen LogP contribution in [0.25, 0.3) is 0 Å². The first kappa shape index (κ1) is 28.9. The zero-order valence-corrected chi connectivity index (χ0v) is 23.1. The van der Waals surface area contributed by atoms with Crippen molar-refractivity contribution in [3.63, 3.8) is 0 Å². The van der Waals surface area contributed by atoms with Crippen molar-refractivity contribution < 1.29 is 44.2 Å². The summed E-state index contributed by atoms with van der Waals surface area (Å²) in [7, 11) is -7.36. The smallest absolute Gasteiger partial charge is 0.338 e. The molecule has 4 atom stereocenters. The van der Waals surface area contributed by atoms with E-state index in [9.17, 15) is 21.6 Å². The molecule has 0 saturated carbocycles. The summed E-state index contributed by atoms with van der Waals surface area (Å²) in [6, 6.07) is 20.0. The number of hydrogen-bond donors (Lipinski definition) is 0. The lowest BCUT2D eigenvalue weighted by Gasteiger charge is -2.23. The van der Waals surface area contributed by atoms with Crippen LogP contribution in [0, 0.1) is 13.8 Å². The maximum Gasteiger partial charge on any atom is 0.338 e. The summed E-state index contributed by atoms with van der Waals surface area (Å²) in [5.41, 5.74) is 1.89. The molecule has 0 amide bonds. The summed E-state index contributed by atoms with van der Waals surface area (Å²) in [4.78, 5) is 12.6. The summed E-state index contributed by atoms with van der Waals surface area (Å²) >= 11 is 0. The van der Waals surface area contributed by atoms with Crippen molar-refractivity contribution in [2.75, 3.05) is 13.7 Å². The van der Waals surface area contributed by atoms with Gasteiger partial charge in [0.2, 0.25) is 0 Å². The average molecular weight is 577 g/mol. The first-order chi connectivity index (χ1) is 18.5. The average Bonchev–Trinajstić information content (AvgIpc) is 3.23. The molecule has 1 fully saturated rings. The largest absolute Gasteiger partial charge is 0.450 e. The zero-order chi connectivity index (χ0) is 28.2. The molecular formula is C27H28O10S2. The van der Waals surface area contributed by atoms with E-state index >= 15 is 0 Å². The van der Waals surface area contributed by atoms with Gasteiger partial charge in [-0.1, -0.05) is 53.6 Å². The van der Waals surface area contributed by atoms with Crippen molar-refractivity contribution in [1.82, 2.24) is 0 Å². The molecule has 0 N–H and O–H groups in total. The highest BCUT2D eigenvalue weighted by atomic mass is 32.2. The topological polar surface area (TPSA) is 132 Å². The van der Waals surface area contributed by atoms with Crippen molar-refractivity contribution in [3.8, 4) is 0 Å². The minimum absolute atomic E-state index is 0.0915. The zero-order valence-electron chi connectivity index (χ0n) is 21.4. The third-order valence-electron chi connectivity index (χ3n) is 6.00. The minimum atomic E-state index is -4.40. The molecular weight excluding hydrogens is 548 g/mol. The first-order valence-electron chi connectivity index (χ1n) is 11.9. The van der Waals surface area contributed by atoms with Crippen LogP contribution in [0.15, 0.2) is 88.7 Å². The Labute approximate surface area is 227 Å². The lowest BCUT2D eigenvalue weighted by atomic mass is 10.1. The Bertz CT molecular complexity index is 1490. The molecule has 0 spiro atoms. The van der Waals surface area contributed by atoms with Crippen LogP contribution in [0.4, 0.5) is 0 Å². The SMILES string of the molecule is COC1OC(COS(=O)(=O)c2ccc(C)cc2)C(OS(=O)(=O)c2ccc(C)cc2)C1OC(=O)c1ccccc1. The molecule has 39 heavy (non-hydrogen) atoms. The number of aryl methyl sites for hydroxylation is 2. The molecule has 0 aromatic heterocycles. The van der Waals surface area contributed by atoms with Gasteiger partial charge in [0.25, 0.3) is 20.2 Å². The Morgan fingerprint density at radius 1 is 0.769 bits per heavy atom. The van der Waals surface area contributed by atoms with Crippen LogP contribution in [-0.4, -0.2) is 61.1 Å². The van der Waals surface area contributed by atoms with E-state index in [4.69, 9.17) is 22.6 Å². The maximum atomic E-state index is 13.2. The van der Waals surface area contributed by atoms with Gasteiger partial charge in [0, 0.05) is 7.11 Å². The third kappa shape index (κ3) is 6.90. The Morgan fingerprint density at radius 3 is 1.85 bits per heavy atom. The quantitative estimate of drug-likeness (QED) is 0.261. The Morgan fingerprint density at radius 2 is 1.31 bits per heavy atom. The highest BCUT2D eigenvalue weighted by molar-refractivity contribution is 7.87. The fourth-order valence-corrected chi connectivity index (χ4v) is 5.88. The van der Waals surface area contributed by atoms with E-state index in [0.717, 1.165) is 11.1 Å². The third-order valence-corrected chi connectivity index (χ3v) is 8.62. The summed E-state index contributed by atoms with van der Waals surface area (Å²) < 4.78 is 79.3. The van der Waals surface area contributed by atoms with E-state index in [0.29, 0.717) is 0 Å². The van der Waals surface area contributed by atoms with Gasteiger partial charge >= 0.3 is 5.97 Å². The highest BCUT2D eigenvalue weighted by Gasteiger charge is 2.51. The Hall–Kier alpha value is -3.13. The van der Waals surface area contributed by atoms with Gasteiger partial charge in [0.05, 0.1) is 22.0 Å². The number of ether oxygens (including phenoxy) is 3. The van der Waals surface area contributed by atoms with Gasteiger partial charge in [-0.2, -0.15) is 16.8 Å². The molecule has 0 radical (unpaired) electrons. The lowest BCUT2D eigenvalue weighted by Crippen LogP contribution is -2.42.